The van der Waals surface area contributed by atoms with Gasteiger partial charge in [-0.05, 0) is 35.9 Å². The van der Waals surface area contributed by atoms with Crippen LogP contribution in [0.15, 0.2) is 73.1 Å². The molecule has 0 aliphatic carbocycles. The molecular weight excluding hydrogens is 371 g/mol. The lowest BCUT2D eigenvalue weighted by molar-refractivity contribution is 0.0847. The minimum Gasteiger partial charge on any atom is -0.382 e. The lowest BCUT2D eigenvalue weighted by Crippen LogP contribution is -2.22. The molecule has 5 nitrogen and oxygen atoms in total. The van der Waals surface area contributed by atoms with Crippen molar-refractivity contribution in [1.29, 1.82) is 0 Å². The number of aldehydes is 1. The summed E-state index contributed by atoms with van der Waals surface area (Å²) in [5, 5.41) is 10.6. The van der Waals surface area contributed by atoms with Gasteiger partial charge in [-0.3, -0.25) is 14.6 Å². The molecule has 0 spiro atoms. The van der Waals surface area contributed by atoms with Gasteiger partial charge in [0.25, 0.3) is 5.91 Å². The number of hydrogen-bond acceptors (Lipinski definition) is 4. The standard InChI is InChI=1S/C23H19FN2O3/c1-26(23(29)20-7-3-2-5-18(20)15-27)14-12-16-6-4-13-25-21(16)22(28)17-8-10-19(24)11-9-17/h2-15,22,28H,1H3/b14-12+. The number of hydrogen-bond donors (Lipinski definition) is 1. The Kier molecular flexibility index (Phi) is 6.26. The quantitative estimate of drug-likeness (QED) is 0.649. The van der Waals surface area contributed by atoms with Gasteiger partial charge in [0.05, 0.1) is 11.3 Å². The van der Waals surface area contributed by atoms with Gasteiger partial charge in [0.1, 0.15) is 11.9 Å². The van der Waals surface area contributed by atoms with E-state index in [-0.39, 0.29) is 5.91 Å². The lowest BCUT2D eigenvalue weighted by Gasteiger charge is -2.15. The van der Waals surface area contributed by atoms with Gasteiger partial charge in [0, 0.05) is 30.6 Å². The first kappa shape index (κ1) is 20.1. The Morgan fingerprint density at radius 1 is 1.07 bits per heavy atom. The SMILES string of the molecule is CN(/C=C/c1cccnc1C(O)c1ccc(F)cc1)C(=O)c1ccccc1C=O. The van der Waals surface area contributed by atoms with Crippen molar-refractivity contribution >= 4 is 18.3 Å². The van der Waals surface area contributed by atoms with E-state index in [9.17, 15) is 19.1 Å². The molecule has 0 saturated heterocycles. The Morgan fingerprint density at radius 3 is 2.48 bits per heavy atom. The number of nitrogens with zero attached hydrogens (tertiary/aromatic N) is 2. The molecule has 1 heterocycles. The molecule has 0 aliphatic rings. The average Bonchev–Trinajstić information content (AvgIpc) is 2.77. The molecular formula is C23H19FN2O3. The number of amides is 1. The van der Waals surface area contributed by atoms with Crippen LogP contribution in [0.2, 0.25) is 0 Å². The molecule has 0 bridgehead atoms. The van der Waals surface area contributed by atoms with Crippen molar-refractivity contribution in [3.63, 3.8) is 0 Å². The number of carbonyl (C=O) groups is 2. The molecule has 1 N–H and O–H groups in total. The van der Waals surface area contributed by atoms with Crippen LogP contribution in [0, 0.1) is 5.82 Å². The van der Waals surface area contributed by atoms with E-state index in [1.54, 1.807) is 61.9 Å². The smallest absolute Gasteiger partial charge is 0.258 e. The Balaban J connectivity index is 1.85. The minimum atomic E-state index is -1.05. The Hall–Kier alpha value is -3.64. The number of aliphatic hydroxyl groups excluding tert-OH is 1. The van der Waals surface area contributed by atoms with E-state index in [1.165, 1.54) is 29.2 Å². The van der Waals surface area contributed by atoms with Crippen molar-refractivity contribution in [2.24, 2.45) is 0 Å². The van der Waals surface area contributed by atoms with Gasteiger partial charge in [0.15, 0.2) is 6.29 Å². The van der Waals surface area contributed by atoms with E-state index in [2.05, 4.69) is 4.98 Å². The second kappa shape index (κ2) is 9.03. The maximum absolute atomic E-state index is 13.1. The van der Waals surface area contributed by atoms with Crippen molar-refractivity contribution in [1.82, 2.24) is 9.88 Å². The molecule has 3 aromatic rings. The van der Waals surface area contributed by atoms with Crippen LogP contribution in [0.3, 0.4) is 0 Å². The fourth-order valence-electron chi connectivity index (χ4n) is 2.85. The molecule has 0 saturated carbocycles. The summed E-state index contributed by atoms with van der Waals surface area (Å²) in [6.45, 7) is 0. The van der Waals surface area contributed by atoms with Gasteiger partial charge < -0.3 is 10.0 Å². The van der Waals surface area contributed by atoms with Crippen LogP contribution < -0.4 is 0 Å². The third kappa shape index (κ3) is 4.62. The number of aromatic nitrogens is 1. The Bertz CT molecular complexity index is 1050. The zero-order valence-corrected chi connectivity index (χ0v) is 15.7. The largest absolute Gasteiger partial charge is 0.382 e. The van der Waals surface area contributed by atoms with Gasteiger partial charge in [-0.2, -0.15) is 0 Å². The Labute approximate surface area is 167 Å². The van der Waals surface area contributed by atoms with Gasteiger partial charge in [-0.25, -0.2) is 4.39 Å². The van der Waals surface area contributed by atoms with E-state index < -0.39 is 11.9 Å². The van der Waals surface area contributed by atoms with Crippen LogP contribution in [0.5, 0.6) is 0 Å². The molecule has 1 unspecified atom stereocenters. The topological polar surface area (TPSA) is 70.5 Å². The third-order valence-electron chi connectivity index (χ3n) is 4.43. The molecule has 2 aromatic carbocycles. The lowest BCUT2D eigenvalue weighted by atomic mass is 10.0. The average molecular weight is 390 g/mol. The van der Waals surface area contributed by atoms with Crippen molar-refractivity contribution in [3.05, 3.63) is 107 Å². The summed E-state index contributed by atoms with van der Waals surface area (Å²) in [5.41, 5.74) is 2.10. The summed E-state index contributed by atoms with van der Waals surface area (Å²) >= 11 is 0. The monoisotopic (exact) mass is 390 g/mol. The van der Waals surface area contributed by atoms with Crippen LogP contribution in [-0.4, -0.2) is 34.2 Å². The fourth-order valence-corrected chi connectivity index (χ4v) is 2.85. The first-order valence-corrected chi connectivity index (χ1v) is 8.89. The molecule has 6 heteroatoms. The predicted octanol–water partition coefficient (Wildman–Crippen LogP) is 3.86. The van der Waals surface area contributed by atoms with E-state index >= 15 is 0 Å². The second-order valence-corrected chi connectivity index (χ2v) is 6.37. The number of carbonyl (C=O) groups excluding carboxylic acids is 2. The zero-order valence-electron chi connectivity index (χ0n) is 15.7. The minimum absolute atomic E-state index is 0.299. The van der Waals surface area contributed by atoms with Gasteiger partial charge >= 0.3 is 0 Å². The highest BCUT2D eigenvalue weighted by molar-refractivity contribution is 6.01. The maximum atomic E-state index is 13.1. The zero-order chi connectivity index (χ0) is 20.8. The summed E-state index contributed by atoms with van der Waals surface area (Å²) in [6, 6.07) is 15.5. The molecule has 1 atom stereocenters. The molecule has 0 radical (unpaired) electrons. The van der Waals surface area contributed by atoms with Crippen LogP contribution in [0.4, 0.5) is 4.39 Å². The molecule has 0 fully saturated rings. The van der Waals surface area contributed by atoms with Crippen molar-refractivity contribution in [2.75, 3.05) is 7.05 Å². The number of rotatable bonds is 6. The molecule has 1 aromatic heterocycles. The van der Waals surface area contributed by atoms with Gasteiger partial charge in [0.2, 0.25) is 0 Å². The highest BCUT2D eigenvalue weighted by atomic mass is 19.1. The van der Waals surface area contributed by atoms with Gasteiger partial charge in [-0.1, -0.05) is 36.4 Å². The molecule has 1 amide bonds. The summed E-state index contributed by atoms with van der Waals surface area (Å²) < 4.78 is 13.1. The fraction of sp³-hybridized carbons (Fsp3) is 0.0870. The summed E-state index contributed by atoms with van der Waals surface area (Å²) in [6.07, 6.45) is 4.34. The summed E-state index contributed by atoms with van der Waals surface area (Å²) in [4.78, 5) is 29.4. The molecule has 0 aliphatic heterocycles. The highest BCUT2D eigenvalue weighted by Gasteiger charge is 2.16. The van der Waals surface area contributed by atoms with Crippen molar-refractivity contribution in [3.8, 4) is 0 Å². The van der Waals surface area contributed by atoms with Crippen molar-refractivity contribution in [2.45, 2.75) is 6.10 Å². The number of aliphatic hydroxyl groups is 1. The number of halogens is 1. The van der Waals surface area contributed by atoms with E-state index in [4.69, 9.17) is 0 Å². The summed E-state index contributed by atoms with van der Waals surface area (Å²) in [5.74, 6) is -0.730. The van der Waals surface area contributed by atoms with Crippen LogP contribution in [0.1, 0.15) is 43.6 Å². The first-order valence-electron chi connectivity index (χ1n) is 8.89. The van der Waals surface area contributed by atoms with E-state index in [1.807, 2.05) is 0 Å². The molecule has 146 valence electrons. The number of pyridine rings is 1. The Morgan fingerprint density at radius 2 is 1.76 bits per heavy atom. The number of benzene rings is 2. The van der Waals surface area contributed by atoms with Crippen LogP contribution in [-0.2, 0) is 0 Å². The normalized spacial score (nSPS) is 12.0. The van der Waals surface area contributed by atoms with Crippen LogP contribution >= 0.6 is 0 Å². The van der Waals surface area contributed by atoms with Gasteiger partial charge in [-0.15, -0.1) is 0 Å². The second-order valence-electron chi connectivity index (χ2n) is 6.37. The third-order valence-corrected chi connectivity index (χ3v) is 4.43. The molecule has 29 heavy (non-hydrogen) atoms. The highest BCUT2D eigenvalue weighted by Crippen LogP contribution is 2.24. The molecule has 3 rings (SSSR count). The van der Waals surface area contributed by atoms with E-state index in [0.29, 0.717) is 34.2 Å². The maximum Gasteiger partial charge on any atom is 0.258 e. The van der Waals surface area contributed by atoms with E-state index in [0.717, 1.165) is 0 Å². The first-order chi connectivity index (χ1) is 14.0. The van der Waals surface area contributed by atoms with Crippen molar-refractivity contribution < 1.29 is 19.1 Å². The van der Waals surface area contributed by atoms with Crippen LogP contribution in [0.25, 0.3) is 6.08 Å². The summed E-state index contributed by atoms with van der Waals surface area (Å²) in [7, 11) is 1.58. The predicted molar refractivity (Wildman–Crippen MR) is 108 cm³/mol.